The Labute approximate surface area is 158 Å². The van der Waals surface area contributed by atoms with Crippen LogP contribution < -0.4 is 0 Å². The second-order valence-corrected chi connectivity index (χ2v) is 6.81. The molecule has 0 saturated carbocycles. The number of nitrogens with zero attached hydrogens (tertiary/aromatic N) is 11. The molecular weight excluding hydrogens is 362 g/mol. The maximum absolute atomic E-state index is 12.8. The van der Waals surface area contributed by atoms with Crippen LogP contribution in [0.2, 0.25) is 0 Å². The average molecular weight is 379 g/mol. The van der Waals surface area contributed by atoms with E-state index in [0.29, 0.717) is 25.4 Å². The number of rotatable bonds is 4. The maximum Gasteiger partial charge on any atom is 0.292 e. The molecule has 0 bridgehead atoms. The number of hydrogen-bond acceptors (Lipinski definition) is 8. The highest BCUT2D eigenvalue weighted by atomic mass is 16.2. The minimum Gasteiger partial charge on any atom is -0.331 e. The lowest BCUT2D eigenvalue weighted by Gasteiger charge is -2.38. The fourth-order valence-corrected chi connectivity index (χ4v) is 3.33. The van der Waals surface area contributed by atoms with Crippen LogP contribution in [0.15, 0.2) is 24.7 Å². The van der Waals surface area contributed by atoms with Crippen LogP contribution in [-0.4, -0.2) is 73.5 Å². The summed E-state index contributed by atoms with van der Waals surface area (Å²) in [5.74, 6) is 0.548. The number of likely N-dealkylation sites (tertiary alicyclic amines) is 1. The number of carbonyl (C=O) groups excluding carboxylic acids is 1. The smallest absolute Gasteiger partial charge is 0.292 e. The van der Waals surface area contributed by atoms with E-state index in [4.69, 9.17) is 0 Å². The molecule has 5 rings (SSSR count). The Kier molecular flexibility index (Phi) is 3.64. The first-order chi connectivity index (χ1) is 13.6. The van der Waals surface area contributed by atoms with Crippen molar-refractivity contribution in [3.63, 3.8) is 0 Å². The van der Waals surface area contributed by atoms with Gasteiger partial charge in [-0.05, 0) is 19.9 Å². The van der Waals surface area contributed by atoms with Crippen molar-refractivity contribution in [1.29, 1.82) is 0 Å². The van der Waals surface area contributed by atoms with Crippen LogP contribution in [-0.2, 0) is 6.54 Å². The Hall–Kier alpha value is -3.70. The Balaban J connectivity index is 1.28. The van der Waals surface area contributed by atoms with E-state index in [1.807, 2.05) is 26.1 Å². The molecule has 1 fully saturated rings. The summed E-state index contributed by atoms with van der Waals surface area (Å²) < 4.78 is 3.47. The summed E-state index contributed by atoms with van der Waals surface area (Å²) in [5.41, 5.74) is 2.48. The number of hydrogen-bond donors (Lipinski definition) is 0. The molecule has 142 valence electrons. The fourth-order valence-electron chi connectivity index (χ4n) is 3.33. The van der Waals surface area contributed by atoms with Gasteiger partial charge in [0.2, 0.25) is 5.82 Å². The van der Waals surface area contributed by atoms with Crippen molar-refractivity contribution in [1.82, 2.24) is 54.5 Å². The minimum atomic E-state index is -0.168. The molecule has 4 aromatic rings. The quantitative estimate of drug-likeness (QED) is 0.472. The molecule has 1 saturated heterocycles. The van der Waals surface area contributed by atoms with Crippen LogP contribution >= 0.6 is 0 Å². The molecule has 1 amide bonds. The number of fused-ring (bicyclic) bond motifs is 1. The molecule has 5 heterocycles. The zero-order valence-electron chi connectivity index (χ0n) is 15.3. The summed E-state index contributed by atoms with van der Waals surface area (Å²) in [6.45, 7) is 5.33. The van der Waals surface area contributed by atoms with Crippen LogP contribution in [0.1, 0.15) is 33.7 Å². The SMILES string of the molecule is Cc1cc(C)n2c(C(=O)N3CC(n4cc(Cn5nccn5)nn4)C3)nnc2n1. The molecule has 12 nitrogen and oxygen atoms in total. The Morgan fingerprint density at radius 1 is 1.14 bits per heavy atom. The standard InChI is InChI=1S/C16H17N11O/c1-10-5-11(2)27-14(21-22-16(27)19-10)15(28)24-8-13(9-24)25-6-12(20-23-25)7-26-17-3-4-18-26/h3-6,13H,7-9H2,1-2H3. The van der Waals surface area contributed by atoms with Crippen LogP contribution in [0.4, 0.5) is 0 Å². The van der Waals surface area contributed by atoms with E-state index in [1.165, 1.54) is 0 Å². The third-order valence-electron chi connectivity index (χ3n) is 4.74. The molecule has 0 atom stereocenters. The lowest BCUT2D eigenvalue weighted by molar-refractivity contribution is 0.0484. The first-order valence-electron chi connectivity index (χ1n) is 8.82. The molecule has 0 aromatic carbocycles. The van der Waals surface area contributed by atoms with Gasteiger partial charge < -0.3 is 4.90 Å². The predicted octanol–water partition coefficient (Wildman–Crippen LogP) is -0.330. The second-order valence-electron chi connectivity index (χ2n) is 6.81. The van der Waals surface area contributed by atoms with Crippen LogP contribution in [0.25, 0.3) is 5.78 Å². The summed E-state index contributed by atoms with van der Waals surface area (Å²) in [6, 6.07) is 1.98. The van der Waals surface area contributed by atoms with Gasteiger partial charge in [0.15, 0.2) is 0 Å². The van der Waals surface area contributed by atoms with Gasteiger partial charge in [0.05, 0.1) is 24.6 Å². The van der Waals surface area contributed by atoms with Crippen molar-refractivity contribution in [2.24, 2.45) is 0 Å². The Bertz CT molecular complexity index is 1150. The van der Waals surface area contributed by atoms with Gasteiger partial charge in [-0.2, -0.15) is 15.0 Å². The van der Waals surface area contributed by atoms with Gasteiger partial charge in [0.1, 0.15) is 12.2 Å². The van der Waals surface area contributed by atoms with Gasteiger partial charge in [-0.25, -0.2) is 9.67 Å². The van der Waals surface area contributed by atoms with Crippen molar-refractivity contribution >= 4 is 11.7 Å². The van der Waals surface area contributed by atoms with Crippen molar-refractivity contribution in [3.8, 4) is 0 Å². The van der Waals surface area contributed by atoms with Gasteiger partial charge >= 0.3 is 0 Å². The van der Waals surface area contributed by atoms with E-state index in [-0.39, 0.29) is 17.8 Å². The van der Waals surface area contributed by atoms with E-state index in [0.717, 1.165) is 17.1 Å². The number of carbonyl (C=O) groups is 1. The highest BCUT2D eigenvalue weighted by Gasteiger charge is 2.35. The molecule has 12 heteroatoms. The number of aromatic nitrogens is 10. The van der Waals surface area contributed by atoms with E-state index in [9.17, 15) is 4.79 Å². The molecule has 0 spiro atoms. The molecule has 0 N–H and O–H groups in total. The Morgan fingerprint density at radius 2 is 1.93 bits per heavy atom. The maximum atomic E-state index is 12.8. The molecule has 0 aliphatic carbocycles. The highest BCUT2D eigenvalue weighted by Crippen LogP contribution is 2.22. The third-order valence-corrected chi connectivity index (χ3v) is 4.74. The van der Waals surface area contributed by atoms with Crippen LogP contribution in [0.3, 0.4) is 0 Å². The van der Waals surface area contributed by atoms with E-state index >= 15 is 0 Å². The normalized spacial score (nSPS) is 14.6. The van der Waals surface area contributed by atoms with Gasteiger partial charge in [-0.15, -0.1) is 15.3 Å². The third kappa shape index (κ3) is 2.69. The molecule has 28 heavy (non-hydrogen) atoms. The fraction of sp³-hybridized carbons (Fsp3) is 0.375. The minimum absolute atomic E-state index is 0.0800. The Morgan fingerprint density at radius 3 is 2.71 bits per heavy atom. The summed E-state index contributed by atoms with van der Waals surface area (Å²) in [7, 11) is 0. The lowest BCUT2D eigenvalue weighted by atomic mass is 10.1. The van der Waals surface area contributed by atoms with Gasteiger partial charge in [-0.1, -0.05) is 5.21 Å². The lowest BCUT2D eigenvalue weighted by Crippen LogP contribution is -2.51. The first-order valence-corrected chi connectivity index (χ1v) is 8.82. The number of amides is 1. The van der Waals surface area contributed by atoms with Crippen molar-refractivity contribution in [2.45, 2.75) is 26.4 Å². The first kappa shape index (κ1) is 16.5. The highest BCUT2D eigenvalue weighted by molar-refractivity contribution is 5.92. The van der Waals surface area contributed by atoms with Gasteiger partial charge in [0, 0.05) is 24.5 Å². The van der Waals surface area contributed by atoms with Crippen molar-refractivity contribution in [2.75, 3.05) is 13.1 Å². The summed E-state index contributed by atoms with van der Waals surface area (Å²) in [4.78, 5) is 20.4. The summed E-state index contributed by atoms with van der Waals surface area (Å²) in [5, 5.41) is 24.5. The molecule has 1 aliphatic rings. The van der Waals surface area contributed by atoms with Crippen molar-refractivity contribution < 1.29 is 4.79 Å². The van der Waals surface area contributed by atoms with Crippen molar-refractivity contribution in [3.05, 3.63) is 47.6 Å². The zero-order chi connectivity index (χ0) is 19.3. The number of aryl methyl sites for hydroxylation is 2. The van der Waals surface area contributed by atoms with Crippen LogP contribution in [0.5, 0.6) is 0 Å². The second kappa shape index (κ2) is 6.18. The van der Waals surface area contributed by atoms with E-state index in [2.05, 4.69) is 35.7 Å². The zero-order valence-corrected chi connectivity index (χ0v) is 15.3. The largest absolute Gasteiger partial charge is 0.331 e. The average Bonchev–Trinajstić information content (AvgIpc) is 3.34. The molecule has 0 radical (unpaired) electrons. The molecule has 0 unspecified atom stereocenters. The molecule has 1 aliphatic heterocycles. The monoisotopic (exact) mass is 379 g/mol. The van der Waals surface area contributed by atoms with Gasteiger partial charge in [-0.3, -0.25) is 9.20 Å². The summed E-state index contributed by atoms with van der Waals surface area (Å²) >= 11 is 0. The topological polar surface area (TPSA) is 125 Å². The van der Waals surface area contributed by atoms with Crippen LogP contribution in [0, 0.1) is 13.8 Å². The van der Waals surface area contributed by atoms with E-state index < -0.39 is 0 Å². The summed E-state index contributed by atoms with van der Waals surface area (Å²) in [6.07, 6.45) is 5.10. The molecule has 4 aromatic heterocycles. The van der Waals surface area contributed by atoms with E-state index in [1.54, 1.807) is 31.2 Å². The van der Waals surface area contributed by atoms with Gasteiger partial charge in [0.25, 0.3) is 11.7 Å². The predicted molar refractivity (Wildman–Crippen MR) is 94.3 cm³/mol. The molecular formula is C16H17N11O.